The molecule has 0 saturated carbocycles. The van der Waals surface area contributed by atoms with Crippen LogP contribution in [0.4, 0.5) is 22.0 Å². The van der Waals surface area contributed by atoms with E-state index in [9.17, 15) is 35.2 Å². The summed E-state index contributed by atoms with van der Waals surface area (Å²) in [6.45, 7) is 1.16. The van der Waals surface area contributed by atoms with Crippen molar-refractivity contribution in [1.82, 2.24) is 19.7 Å². The smallest absolute Gasteiger partial charge is 0.266 e. The van der Waals surface area contributed by atoms with Crippen molar-refractivity contribution in [3.05, 3.63) is 70.8 Å². The van der Waals surface area contributed by atoms with E-state index < -0.39 is 61.3 Å². The fraction of sp³-hybridized carbons (Fsp3) is 0.0625. The van der Waals surface area contributed by atoms with E-state index in [0.717, 1.165) is 25.1 Å². The Hall–Kier alpha value is -3.35. The topological polar surface area (TPSA) is 93.9 Å². The van der Waals surface area contributed by atoms with Crippen molar-refractivity contribution in [1.29, 1.82) is 0 Å². The monoisotopic (exact) mass is 432 g/mol. The Bertz CT molecular complexity index is 1200. The van der Waals surface area contributed by atoms with Crippen molar-refractivity contribution >= 4 is 15.9 Å². The molecule has 7 nitrogen and oxygen atoms in total. The van der Waals surface area contributed by atoms with Crippen LogP contribution in [0.5, 0.6) is 0 Å². The molecule has 1 amide bonds. The second kappa shape index (κ2) is 7.24. The van der Waals surface area contributed by atoms with Crippen LogP contribution in [-0.2, 0) is 10.0 Å². The molecule has 0 radical (unpaired) electrons. The normalized spacial score (nSPS) is 11.5. The Kier molecular flexibility index (Phi) is 5.09. The first kappa shape index (κ1) is 20.4. The molecule has 0 aliphatic rings. The third-order valence-electron chi connectivity index (χ3n) is 3.72. The molecule has 0 fully saturated rings. The van der Waals surface area contributed by atoms with Crippen LogP contribution in [0.1, 0.15) is 16.2 Å². The van der Waals surface area contributed by atoms with Crippen molar-refractivity contribution in [2.75, 3.05) is 0 Å². The molecule has 1 heterocycles. The first-order valence-corrected chi connectivity index (χ1v) is 9.09. The standard InChI is InChI=1S/C16H9F5N4O3S/c1-7-13(22-24-25(7)14-9(18)3-2-4-10(14)19)16(26)23-29(27,28)15-11(20)5-8(17)6-12(15)21/h2-6H,1H3,(H,23,26). The van der Waals surface area contributed by atoms with E-state index in [4.69, 9.17) is 0 Å². The molecule has 13 heteroatoms. The van der Waals surface area contributed by atoms with E-state index in [0.29, 0.717) is 4.68 Å². The van der Waals surface area contributed by atoms with Crippen molar-refractivity contribution in [2.45, 2.75) is 11.8 Å². The highest BCUT2D eigenvalue weighted by atomic mass is 32.2. The van der Waals surface area contributed by atoms with Gasteiger partial charge in [-0.3, -0.25) is 4.79 Å². The van der Waals surface area contributed by atoms with Crippen LogP contribution in [-0.4, -0.2) is 29.3 Å². The largest absolute Gasteiger partial charge is 0.287 e. The molecule has 2 aromatic carbocycles. The van der Waals surface area contributed by atoms with Gasteiger partial charge in [-0.2, -0.15) is 0 Å². The number of carbonyl (C=O) groups excluding carboxylic acids is 1. The first-order valence-electron chi connectivity index (χ1n) is 7.61. The number of halogens is 5. The van der Waals surface area contributed by atoms with Crippen molar-refractivity contribution in [3.8, 4) is 5.69 Å². The third-order valence-corrected chi connectivity index (χ3v) is 5.10. The van der Waals surface area contributed by atoms with Crippen LogP contribution in [0.15, 0.2) is 35.2 Å². The van der Waals surface area contributed by atoms with Gasteiger partial charge in [0.2, 0.25) is 0 Å². The summed E-state index contributed by atoms with van der Waals surface area (Å²) in [5.74, 6) is -8.45. The van der Waals surface area contributed by atoms with Crippen molar-refractivity contribution in [3.63, 3.8) is 0 Å². The second-order valence-corrected chi connectivity index (χ2v) is 7.26. The zero-order valence-electron chi connectivity index (χ0n) is 14.3. The lowest BCUT2D eigenvalue weighted by Crippen LogP contribution is -2.32. The molecule has 0 spiro atoms. The Morgan fingerprint density at radius 3 is 2.10 bits per heavy atom. The van der Waals surface area contributed by atoms with Crippen LogP contribution < -0.4 is 4.72 Å². The van der Waals surface area contributed by atoms with Crippen LogP contribution in [0.3, 0.4) is 0 Å². The maximum atomic E-state index is 13.9. The molecule has 0 atom stereocenters. The second-order valence-electron chi connectivity index (χ2n) is 5.64. The highest BCUT2D eigenvalue weighted by molar-refractivity contribution is 7.90. The molecule has 0 saturated heterocycles. The number of carbonyl (C=O) groups is 1. The van der Waals surface area contributed by atoms with Gasteiger partial charge in [0.05, 0.1) is 5.69 Å². The average Bonchev–Trinajstić information content (AvgIpc) is 2.94. The molecule has 0 bridgehead atoms. The summed E-state index contributed by atoms with van der Waals surface area (Å²) in [6, 6.07) is 3.16. The predicted molar refractivity (Wildman–Crippen MR) is 87.0 cm³/mol. The van der Waals surface area contributed by atoms with Gasteiger partial charge in [-0.1, -0.05) is 11.3 Å². The number of rotatable bonds is 4. The van der Waals surface area contributed by atoms with Gasteiger partial charge in [-0.05, 0) is 19.1 Å². The van der Waals surface area contributed by atoms with Crippen LogP contribution in [0.25, 0.3) is 5.69 Å². The maximum Gasteiger partial charge on any atom is 0.287 e. The van der Waals surface area contributed by atoms with Crippen LogP contribution in [0.2, 0.25) is 0 Å². The van der Waals surface area contributed by atoms with E-state index in [1.165, 1.54) is 4.72 Å². The van der Waals surface area contributed by atoms with E-state index in [1.807, 2.05) is 0 Å². The van der Waals surface area contributed by atoms with Gasteiger partial charge in [0.15, 0.2) is 22.2 Å². The van der Waals surface area contributed by atoms with E-state index in [-0.39, 0.29) is 17.8 Å². The maximum absolute atomic E-state index is 13.9. The minimum Gasteiger partial charge on any atom is -0.266 e. The molecule has 0 unspecified atom stereocenters. The average molecular weight is 432 g/mol. The number of nitrogens with one attached hydrogen (secondary N) is 1. The number of nitrogens with zero attached hydrogens (tertiary/aromatic N) is 3. The van der Waals surface area contributed by atoms with Crippen molar-refractivity contribution in [2.24, 2.45) is 0 Å². The van der Waals surface area contributed by atoms with Gasteiger partial charge in [-0.15, -0.1) is 5.10 Å². The molecule has 29 heavy (non-hydrogen) atoms. The third kappa shape index (κ3) is 3.68. The summed E-state index contributed by atoms with van der Waals surface area (Å²) in [7, 11) is -5.12. The molecule has 0 aliphatic heterocycles. The number of amides is 1. The Labute approximate surface area is 159 Å². The summed E-state index contributed by atoms with van der Waals surface area (Å²) in [6.07, 6.45) is 0. The number of benzene rings is 2. The fourth-order valence-corrected chi connectivity index (χ4v) is 3.52. The number of para-hydroxylation sites is 1. The van der Waals surface area contributed by atoms with Crippen LogP contribution >= 0.6 is 0 Å². The zero-order chi connectivity index (χ0) is 21.5. The minimum atomic E-state index is -5.12. The molecule has 152 valence electrons. The SMILES string of the molecule is Cc1c(C(=O)NS(=O)(=O)c2c(F)cc(F)cc2F)nnn1-c1c(F)cccc1F. The van der Waals surface area contributed by atoms with E-state index >= 15 is 0 Å². The lowest BCUT2D eigenvalue weighted by molar-refractivity contribution is 0.0975. The first-order chi connectivity index (χ1) is 13.5. The summed E-state index contributed by atoms with van der Waals surface area (Å²) in [5.41, 5.74) is -1.61. The molecular weight excluding hydrogens is 423 g/mol. The lowest BCUT2D eigenvalue weighted by Gasteiger charge is -2.09. The van der Waals surface area contributed by atoms with Crippen LogP contribution in [0, 0.1) is 36.0 Å². The quantitative estimate of drug-likeness (QED) is 0.639. The highest BCUT2D eigenvalue weighted by Crippen LogP contribution is 2.22. The summed E-state index contributed by atoms with van der Waals surface area (Å²) < 4.78 is 94.5. The van der Waals surface area contributed by atoms with Gasteiger partial charge in [-0.25, -0.2) is 39.8 Å². The summed E-state index contributed by atoms with van der Waals surface area (Å²) in [4.78, 5) is 10.7. The molecule has 3 rings (SSSR count). The van der Waals surface area contributed by atoms with Gasteiger partial charge >= 0.3 is 0 Å². The van der Waals surface area contributed by atoms with Crippen molar-refractivity contribution < 1.29 is 35.2 Å². The van der Waals surface area contributed by atoms with E-state index in [2.05, 4.69) is 10.3 Å². The number of sulfonamides is 1. The lowest BCUT2D eigenvalue weighted by atomic mass is 10.2. The molecule has 1 aromatic heterocycles. The Balaban J connectivity index is 1.98. The fourth-order valence-electron chi connectivity index (χ4n) is 2.45. The molecular formula is C16H9F5N4O3S. The number of aromatic nitrogens is 3. The molecule has 3 aromatic rings. The molecule has 1 N–H and O–H groups in total. The Morgan fingerprint density at radius 1 is 1.00 bits per heavy atom. The summed E-state index contributed by atoms with van der Waals surface area (Å²) in [5, 5.41) is 6.78. The van der Waals surface area contributed by atoms with Gasteiger partial charge < -0.3 is 0 Å². The van der Waals surface area contributed by atoms with Gasteiger partial charge in [0.1, 0.15) is 23.1 Å². The van der Waals surface area contributed by atoms with Gasteiger partial charge in [0, 0.05) is 12.1 Å². The Morgan fingerprint density at radius 2 is 1.55 bits per heavy atom. The zero-order valence-corrected chi connectivity index (χ0v) is 15.1. The van der Waals surface area contributed by atoms with E-state index in [1.54, 1.807) is 0 Å². The predicted octanol–water partition coefficient (Wildman–Crippen LogP) is 2.39. The minimum absolute atomic E-state index is 0.116. The highest BCUT2D eigenvalue weighted by Gasteiger charge is 2.30. The molecule has 0 aliphatic carbocycles. The van der Waals surface area contributed by atoms with Gasteiger partial charge in [0.25, 0.3) is 15.9 Å². The summed E-state index contributed by atoms with van der Waals surface area (Å²) >= 11 is 0. The number of hydrogen-bond acceptors (Lipinski definition) is 5. The number of hydrogen-bond donors (Lipinski definition) is 1.